The van der Waals surface area contributed by atoms with Crippen molar-refractivity contribution in [2.75, 3.05) is 59.3 Å². The van der Waals surface area contributed by atoms with Crippen LogP contribution in [0.3, 0.4) is 0 Å². The number of piperidine rings is 1. The number of benzene rings is 1. The largest absolute Gasteiger partial charge is 0.421 e. The minimum atomic E-state index is -4.76. The Kier molecular flexibility index (Phi) is 10.5. The summed E-state index contributed by atoms with van der Waals surface area (Å²) in [5.74, 6) is -1.60. The number of imide groups is 1. The molecule has 3 aromatic heterocycles. The van der Waals surface area contributed by atoms with Gasteiger partial charge in [0.05, 0.1) is 24.4 Å². The van der Waals surface area contributed by atoms with Crippen LogP contribution in [0, 0.1) is 0 Å². The zero-order chi connectivity index (χ0) is 37.0. The van der Waals surface area contributed by atoms with E-state index < -0.39 is 33.5 Å². The standard InChI is InChI=1S/C33H36F3N11O4S/c1-45(52(2,50)51)30-27(37-11-12-38-30)19-40-29-25(33(34,35)36)18-41-32(44-29)42-22-4-6-23(7-5-22)47-15-13-46(14-16-47)20-21-3-9-26(39-17-21)24-8-10-28(48)43-31(24)49/h3-7,9,11-12,17-18,24H,8,10,13-16,19-20H2,1-2H3,(H,43,48,49)(H2,40,41,42,44). The first kappa shape index (κ1) is 36.4. The quantitative estimate of drug-likeness (QED) is 0.191. The fourth-order valence-corrected chi connectivity index (χ4v) is 6.34. The van der Waals surface area contributed by atoms with Crippen molar-refractivity contribution >= 4 is 50.8 Å². The minimum absolute atomic E-state index is 0.0319. The molecule has 2 aliphatic rings. The van der Waals surface area contributed by atoms with Crippen LogP contribution in [0.2, 0.25) is 0 Å². The number of carbonyl (C=O) groups excluding carboxylic acids is 2. The summed E-state index contributed by atoms with van der Waals surface area (Å²) in [4.78, 5) is 48.8. The molecule has 0 radical (unpaired) electrons. The van der Waals surface area contributed by atoms with Crippen LogP contribution in [0.4, 0.5) is 42.1 Å². The number of nitrogens with one attached hydrogen (secondary N) is 3. The van der Waals surface area contributed by atoms with Gasteiger partial charge in [-0.05, 0) is 42.3 Å². The molecule has 5 heterocycles. The van der Waals surface area contributed by atoms with Gasteiger partial charge in [0, 0.05) is 82.4 Å². The highest BCUT2D eigenvalue weighted by Gasteiger charge is 2.35. The van der Waals surface area contributed by atoms with Crippen LogP contribution in [0.5, 0.6) is 0 Å². The molecule has 2 fully saturated rings. The van der Waals surface area contributed by atoms with Crippen molar-refractivity contribution in [2.45, 2.75) is 38.0 Å². The van der Waals surface area contributed by atoms with Crippen LogP contribution in [-0.4, -0.2) is 89.5 Å². The van der Waals surface area contributed by atoms with E-state index in [2.05, 4.69) is 50.7 Å². The Morgan fingerprint density at radius 1 is 0.962 bits per heavy atom. The molecule has 0 saturated carbocycles. The maximum absolute atomic E-state index is 13.9. The number of sulfonamides is 1. The average molecular weight is 740 g/mol. The van der Waals surface area contributed by atoms with E-state index in [1.165, 1.54) is 19.4 Å². The monoisotopic (exact) mass is 739 g/mol. The molecule has 2 amide bonds. The second-order valence-electron chi connectivity index (χ2n) is 12.4. The van der Waals surface area contributed by atoms with Crippen LogP contribution < -0.4 is 25.2 Å². The number of carbonyl (C=O) groups is 2. The Hall–Kier alpha value is -5.43. The molecule has 0 aliphatic carbocycles. The van der Waals surface area contributed by atoms with Gasteiger partial charge in [0.2, 0.25) is 27.8 Å². The summed E-state index contributed by atoms with van der Waals surface area (Å²) in [5, 5.41) is 7.94. The number of hydrogen-bond acceptors (Lipinski definition) is 13. The number of piperazine rings is 1. The van der Waals surface area contributed by atoms with Gasteiger partial charge in [0.15, 0.2) is 5.82 Å². The molecular formula is C33H36F3N11O4S. The van der Waals surface area contributed by atoms with E-state index in [1.54, 1.807) is 18.3 Å². The Balaban J connectivity index is 1.05. The summed E-state index contributed by atoms with van der Waals surface area (Å²) >= 11 is 0. The van der Waals surface area contributed by atoms with Gasteiger partial charge in [-0.1, -0.05) is 6.07 Å². The minimum Gasteiger partial charge on any atom is -0.369 e. The third-order valence-electron chi connectivity index (χ3n) is 8.78. The third-order valence-corrected chi connectivity index (χ3v) is 9.94. The van der Waals surface area contributed by atoms with E-state index in [0.29, 0.717) is 37.0 Å². The van der Waals surface area contributed by atoms with Crippen LogP contribution in [-0.2, 0) is 38.9 Å². The molecule has 0 spiro atoms. The molecule has 1 aromatic carbocycles. The summed E-state index contributed by atoms with van der Waals surface area (Å²) in [6, 6.07) is 11.2. The number of anilines is 5. The molecule has 15 nitrogen and oxygen atoms in total. The number of halogens is 3. The zero-order valence-electron chi connectivity index (χ0n) is 28.3. The lowest BCUT2D eigenvalue weighted by Gasteiger charge is -2.36. The van der Waals surface area contributed by atoms with Crippen molar-refractivity contribution in [3.8, 4) is 0 Å². The predicted octanol–water partition coefficient (Wildman–Crippen LogP) is 3.27. The van der Waals surface area contributed by atoms with Gasteiger partial charge in [0.1, 0.15) is 17.1 Å². The van der Waals surface area contributed by atoms with Gasteiger partial charge in [-0.2, -0.15) is 18.2 Å². The molecule has 0 bridgehead atoms. The zero-order valence-corrected chi connectivity index (χ0v) is 29.1. The molecule has 52 heavy (non-hydrogen) atoms. The van der Waals surface area contributed by atoms with Crippen molar-refractivity contribution in [1.29, 1.82) is 0 Å². The topological polar surface area (TPSA) is 179 Å². The van der Waals surface area contributed by atoms with Crippen molar-refractivity contribution in [2.24, 2.45) is 0 Å². The first-order chi connectivity index (χ1) is 24.7. The summed E-state index contributed by atoms with van der Waals surface area (Å²) in [6.45, 7) is 3.59. The van der Waals surface area contributed by atoms with Crippen LogP contribution in [0.25, 0.3) is 0 Å². The number of rotatable bonds is 11. The number of pyridine rings is 1. The first-order valence-electron chi connectivity index (χ1n) is 16.3. The Labute approximate surface area is 297 Å². The van der Waals surface area contributed by atoms with Crippen LogP contribution in [0.15, 0.2) is 61.2 Å². The van der Waals surface area contributed by atoms with E-state index in [-0.39, 0.29) is 35.8 Å². The molecule has 6 rings (SSSR count). The molecule has 2 saturated heterocycles. The van der Waals surface area contributed by atoms with Gasteiger partial charge >= 0.3 is 6.18 Å². The van der Waals surface area contributed by atoms with Crippen molar-refractivity contribution in [1.82, 2.24) is 35.1 Å². The van der Waals surface area contributed by atoms with E-state index in [4.69, 9.17) is 0 Å². The highest BCUT2D eigenvalue weighted by molar-refractivity contribution is 7.92. The molecule has 19 heteroatoms. The maximum Gasteiger partial charge on any atom is 0.421 e. The van der Waals surface area contributed by atoms with Crippen molar-refractivity contribution < 1.29 is 31.2 Å². The van der Waals surface area contributed by atoms with E-state index in [0.717, 1.165) is 48.0 Å². The smallest absolute Gasteiger partial charge is 0.369 e. The lowest BCUT2D eigenvalue weighted by atomic mass is 9.94. The molecule has 1 unspecified atom stereocenters. The average Bonchev–Trinajstić information content (AvgIpc) is 3.11. The molecule has 3 N–H and O–H groups in total. The Morgan fingerprint density at radius 2 is 1.69 bits per heavy atom. The van der Waals surface area contributed by atoms with Crippen LogP contribution in [0.1, 0.15) is 41.3 Å². The Bertz CT molecular complexity index is 2030. The molecular weight excluding hydrogens is 703 g/mol. The lowest BCUT2D eigenvalue weighted by Crippen LogP contribution is -2.46. The van der Waals surface area contributed by atoms with Gasteiger partial charge in [-0.25, -0.2) is 18.4 Å². The number of hydrogen-bond donors (Lipinski definition) is 3. The van der Waals surface area contributed by atoms with Crippen molar-refractivity contribution in [3.63, 3.8) is 0 Å². The normalized spacial score (nSPS) is 17.1. The van der Waals surface area contributed by atoms with E-state index in [9.17, 15) is 31.2 Å². The summed E-state index contributed by atoms with van der Waals surface area (Å²) in [5.41, 5.74) is 2.23. The lowest BCUT2D eigenvalue weighted by molar-refractivity contribution is -0.137. The highest BCUT2D eigenvalue weighted by Crippen LogP contribution is 2.35. The molecule has 2 aliphatic heterocycles. The van der Waals surface area contributed by atoms with Gasteiger partial charge in [-0.3, -0.25) is 34.1 Å². The maximum atomic E-state index is 13.9. The first-order valence-corrected chi connectivity index (χ1v) is 18.1. The molecule has 1 atom stereocenters. The molecule has 274 valence electrons. The number of amides is 2. The number of alkyl halides is 3. The fourth-order valence-electron chi connectivity index (χ4n) is 5.87. The fraction of sp³-hybridized carbons (Fsp3) is 0.364. The van der Waals surface area contributed by atoms with Gasteiger partial charge in [0.25, 0.3) is 0 Å². The SMILES string of the molecule is CN(c1nccnc1CNc1nc(Nc2ccc(N3CCN(Cc4ccc(C5CCC(=O)NC5=O)nc4)CC3)cc2)ncc1C(F)(F)F)S(C)(=O)=O. The van der Waals surface area contributed by atoms with E-state index >= 15 is 0 Å². The second-order valence-corrected chi connectivity index (χ2v) is 14.4. The highest BCUT2D eigenvalue weighted by atomic mass is 32.2. The predicted molar refractivity (Wildman–Crippen MR) is 186 cm³/mol. The van der Waals surface area contributed by atoms with Gasteiger partial charge in [-0.15, -0.1) is 0 Å². The van der Waals surface area contributed by atoms with Crippen molar-refractivity contribution in [3.05, 3.63) is 83.7 Å². The number of nitrogens with zero attached hydrogens (tertiary/aromatic N) is 8. The Morgan fingerprint density at radius 3 is 2.35 bits per heavy atom. The summed E-state index contributed by atoms with van der Waals surface area (Å²) in [6.07, 6.45) is 2.03. The number of aromatic nitrogens is 5. The third kappa shape index (κ3) is 8.71. The molecule has 4 aromatic rings. The second kappa shape index (κ2) is 15.0. The van der Waals surface area contributed by atoms with E-state index in [1.807, 2.05) is 24.3 Å². The summed E-state index contributed by atoms with van der Waals surface area (Å²) < 4.78 is 66.6. The summed E-state index contributed by atoms with van der Waals surface area (Å²) in [7, 11) is -2.43. The van der Waals surface area contributed by atoms with Gasteiger partial charge < -0.3 is 15.5 Å². The van der Waals surface area contributed by atoms with Crippen LogP contribution >= 0.6 is 0 Å².